The fourth-order valence-electron chi connectivity index (χ4n) is 8.85. The smallest absolute Gasteiger partial charge is 0.303 e. The van der Waals surface area contributed by atoms with Crippen LogP contribution in [0.25, 0.3) is 39.0 Å². The second kappa shape index (κ2) is 18.0. The van der Waals surface area contributed by atoms with Gasteiger partial charge in [0.2, 0.25) is 5.88 Å². The maximum Gasteiger partial charge on any atom is 0.303 e. The maximum absolute atomic E-state index is 11.2. The standard InChI is InChI=1S/C45H54ClN5O7/c1-27-19-37(48-45(57-6)35(27)24-49(2)29-15-13-28(14-16-29)20-43(53)54)33-11-7-10-32(44(33)46)31-9-8-12-38-34(31)23-47-51(38)30-21-41(55-4)36(42(22-30)56-5)25-50(3)39-17-18-58-26-40(39)52/h7-12,19,21-23,28-29,39-40,52H,13-18,20,24-26H2,1-6H3,(H,53,54)/t28?,29?,39-,40+/m1/s1. The first-order valence-electron chi connectivity index (χ1n) is 19.9. The van der Waals surface area contributed by atoms with Crippen LogP contribution < -0.4 is 14.2 Å². The molecule has 0 unspecified atom stereocenters. The molecule has 0 radical (unpaired) electrons. The number of aliphatic hydroxyl groups is 1. The number of benzene rings is 3. The van der Waals surface area contributed by atoms with Crippen molar-refractivity contribution in [3.8, 4) is 45.5 Å². The van der Waals surface area contributed by atoms with Crippen molar-refractivity contribution in [1.82, 2.24) is 24.6 Å². The van der Waals surface area contributed by atoms with E-state index in [-0.39, 0.29) is 18.4 Å². The molecule has 2 aromatic heterocycles. The summed E-state index contributed by atoms with van der Waals surface area (Å²) < 4.78 is 25.1. The van der Waals surface area contributed by atoms with Crippen LogP contribution in [0.1, 0.15) is 55.2 Å². The van der Waals surface area contributed by atoms with Gasteiger partial charge in [0.05, 0.1) is 67.7 Å². The van der Waals surface area contributed by atoms with E-state index < -0.39 is 12.1 Å². The van der Waals surface area contributed by atoms with Crippen molar-refractivity contribution in [2.24, 2.45) is 5.92 Å². The Kier molecular flexibility index (Phi) is 12.9. The van der Waals surface area contributed by atoms with Gasteiger partial charge in [-0.25, -0.2) is 9.67 Å². The van der Waals surface area contributed by atoms with Crippen molar-refractivity contribution in [2.75, 3.05) is 48.6 Å². The van der Waals surface area contributed by atoms with Crippen LogP contribution >= 0.6 is 11.6 Å². The Bertz CT molecular complexity index is 2230. The third kappa shape index (κ3) is 8.53. The number of nitrogens with zero attached hydrogens (tertiary/aromatic N) is 5. The van der Waals surface area contributed by atoms with E-state index in [0.717, 1.165) is 87.8 Å². The molecule has 2 N–H and O–H groups in total. The summed E-state index contributed by atoms with van der Waals surface area (Å²) in [5.41, 5.74) is 7.94. The predicted octanol–water partition coefficient (Wildman–Crippen LogP) is 7.79. The minimum absolute atomic E-state index is 0.0370. The molecule has 1 aliphatic carbocycles. The summed E-state index contributed by atoms with van der Waals surface area (Å²) in [4.78, 5) is 20.7. The van der Waals surface area contributed by atoms with Crippen LogP contribution in [-0.2, 0) is 22.6 Å². The Hall–Kier alpha value is -4.72. The first-order chi connectivity index (χ1) is 28.0. The Morgan fingerprint density at radius 1 is 0.897 bits per heavy atom. The lowest BCUT2D eigenvalue weighted by atomic mass is 9.83. The zero-order chi connectivity index (χ0) is 41.1. The number of carbonyl (C=O) groups is 1. The summed E-state index contributed by atoms with van der Waals surface area (Å²) in [5, 5.41) is 26.2. The van der Waals surface area contributed by atoms with Crippen LogP contribution in [0.2, 0.25) is 5.02 Å². The van der Waals surface area contributed by atoms with Crippen molar-refractivity contribution < 1.29 is 34.0 Å². The molecule has 5 aromatic rings. The molecule has 3 heterocycles. The van der Waals surface area contributed by atoms with Crippen LogP contribution in [0.5, 0.6) is 17.4 Å². The largest absolute Gasteiger partial charge is 0.496 e. The highest BCUT2D eigenvalue weighted by molar-refractivity contribution is 6.36. The summed E-state index contributed by atoms with van der Waals surface area (Å²) >= 11 is 7.31. The zero-order valence-electron chi connectivity index (χ0n) is 34.2. The molecular formula is C45H54ClN5O7. The fourth-order valence-corrected chi connectivity index (χ4v) is 9.18. The summed E-state index contributed by atoms with van der Waals surface area (Å²) in [6.07, 6.45) is 6.10. The number of aryl methyl sites for hydroxylation is 1. The van der Waals surface area contributed by atoms with Gasteiger partial charge < -0.3 is 29.2 Å². The van der Waals surface area contributed by atoms with E-state index in [4.69, 9.17) is 40.6 Å². The van der Waals surface area contributed by atoms with E-state index in [1.807, 2.05) is 60.4 Å². The molecule has 0 bridgehead atoms. The molecule has 7 rings (SSSR count). The number of rotatable bonds is 14. The van der Waals surface area contributed by atoms with Gasteiger partial charge in [0.25, 0.3) is 0 Å². The first-order valence-corrected chi connectivity index (χ1v) is 20.3. The van der Waals surface area contributed by atoms with E-state index in [0.29, 0.717) is 54.7 Å². The molecule has 12 nitrogen and oxygen atoms in total. The molecular weight excluding hydrogens is 758 g/mol. The number of fused-ring (bicyclic) bond motifs is 1. The lowest BCUT2D eigenvalue weighted by molar-refractivity contribution is -0.138. The average molecular weight is 812 g/mol. The number of methoxy groups -OCH3 is 3. The number of carboxylic acids is 1. The van der Waals surface area contributed by atoms with E-state index in [9.17, 15) is 15.0 Å². The molecule has 1 saturated heterocycles. The Morgan fingerprint density at radius 3 is 2.24 bits per heavy atom. The number of pyridine rings is 1. The van der Waals surface area contributed by atoms with Crippen molar-refractivity contribution >= 4 is 28.5 Å². The van der Waals surface area contributed by atoms with Crippen LogP contribution in [0, 0.1) is 12.8 Å². The van der Waals surface area contributed by atoms with Crippen molar-refractivity contribution in [3.05, 3.63) is 82.5 Å². The predicted molar refractivity (Wildman–Crippen MR) is 225 cm³/mol. The SMILES string of the molecule is COc1cc(-n2ncc3c(-c4cccc(-c5cc(C)c(CN(C)C6CCC(CC(=O)O)CC6)c(OC)n5)c4Cl)cccc32)cc(OC)c1CN(C)[C@@H]1CCOC[C@@H]1O. The van der Waals surface area contributed by atoms with Crippen LogP contribution in [0.4, 0.5) is 0 Å². The Balaban J connectivity index is 1.16. The molecule has 58 heavy (non-hydrogen) atoms. The number of aromatic nitrogens is 3. The zero-order valence-corrected chi connectivity index (χ0v) is 35.0. The third-order valence-electron chi connectivity index (χ3n) is 12.1. The van der Waals surface area contributed by atoms with E-state index in [1.54, 1.807) is 21.3 Å². The number of carboxylic acid groups (broad SMARTS) is 1. The third-order valence-corrected chi connectivity index (χ3v) is 12.5. The molecule has 0 spiro atoms. The number of aliphatic hydroxyl groups excluding tert-OH is 1. The van der Waals surface area contributed by atoms with Gasteiger partial charge in [-0.15, -0.1) is 0 Å². The van der Waals surface area contributed by atoms with Gasteiger partial charge in [0.1, 0.15) is 11.5 Å². The Labute approximate surface area is 345 Å². The van der Waals surface area contributed by atoms with Crippen LogP contribution in [-0.4, -0.2) is 108 Å². The summed E-state index contributed by atoms with van der Waals surface area (Å²) in [6.45, 7) is 4.21. The monoisotopic (exact) mass is 811 g/mol. The normalized spacial score (nSPS) is 19.8. The molecule has 2 aliphatic rings. The summed E-state index contributed by atoms with van der Waals surface area (Å²) in [6, 6.07) is 18.4. The van der Waals surface area contributed by atoms with Crippen molar-refractivity contribution in [1.29, 1.82) is 0 Å². The van der Waals surface area contributed by atoms with E-state index >= 15 is 0 Å². The highest BCUT2D eigenvalue weighted by Crippen LogP contribution is 2.41. The quantitative estimate of drug-likeness (QED) is 0.114. The minimum Gasteiger partial charge on any atom is -0.496 e. The molecule has 2 fully saturated rings. The van der Waals surface area contributed by atoms with Crippen molar-refractivity contribution in [3.63, 3.8) is 0 Å². The average Bonchev–Trinajstić information content (AvgIpc) is 3.66. The molecule has 2 atom stereocenters. The van der Waals surface area contributed by atoms with Crippen molar-refractivity contribution in [2.45, 2.75) is 76.7 Å². The van der Waals surface area contributed by atoms with Gasteiger partial charge in [0.15, 0.2) is 0 Å². The highest BCUT2D eigenvalue weighted by Gasteiger charge is 2.30. The van der Waals surface area contributed by atoms with Gasteiger partial charge in [0, 0.05) is 72.4 Å². The summed E-state index contributed by atoms with van der Waals surface area (Å²) in [7, 11) is 9.07. The second-order valence-corrected chi connectivity index (χ2v) is 16.1. The minimum atomic E-state index is -0.712. The van der Waals surface area contributed by atoms with E-state index in [1.165, 1.54) is 0 Å². The molecule has 1 saturated carbocycles. The van der Waals surface area contributed by atoms with E-state index in [2.05, 4.69) is 35.9 Å². The summed E-state index contributed by atoms with van der Waals surface area (Å²) in [5.74, 6) is 1.43. The molecule has 308 valence electrons. The second-order valence-electron chi connectivity index (χ2n) is 15.7. The number of halogens is 1. The Morgan fingerprint density at radius 2 is 1.57 bits per heavy atom. The fraction of sp³-hybridized carbons (Fsp3) is 0.444. The highest BCUT2D eigenvalue weighted by atomic mass is 35.5. The molecule has 3 aromatic carbocycles. The van der Waals surface area contributed by atoms with Gasteiger partial charge in [-0.3, -0.25) is 14.6 Å². The molecule has 0 amide bonds. The number of hydrogen-bond donors (Lipinski definition) is 2. The number of aliphatic carboxylic acids is 1. The number of ether oxygens (including phenoxy) is 4. The molecule has 13 heteroatoms. The first kappa shape index (κ1) is 41.4. The number of likely N-dealkylation sites (N-methyl/N-ethyl adjacent to an activating group) is 1. The lowest BCUT2D eigenvalue weighted by Crippen LogP contribution is -2.47. The van der Waals surface area contributed by atoms with Gasteiger partial charge in [-0.1, -0.05) is 41.9 Å². The maximum atomic E-state index is 11.2. The van der Waals surface area contributed by atoms with Gasteiger partial charge in [-0.05, 0) is 82.3 Å². The molecule has 1 aliphatic heterocycles. The van der Waals surface area contributed by atoms with Crippen LogP contribution in [0.3, 0.4) is 0 Å². The van der Waals surface area contributed by atoms with Gasteiger partial charge in [-0.2, -0.15) is 5.10 Å². The lowest BCUT2D eigenvalue weighted by Gasteiger charge is -2.35. The van der Waals surface area contributed by atoms with Gasteiger partial charge >= 0.3 is 5.97 Å². The number of hydrogen-bond acceptors (Lipinski definition) is 10. The van der Waals surface area contributed by atoms with Crippen LogP contribution in [0.15, 0.2) is 60.8 Å². The topological polar surface area (TPSA) is 132 Å².